The Morgan fingerprint density at radius 1 is 1.44 bits per heavy atom. The Morgan fingerprint density at radius 2 is 2.06 bits per heavy atom. The molecule has 1 unspecified atom stereocenters. The monoisotopic (exact) mass is 219 g/mol. The van der Waals surface area contributed by atoms with Crippen LogP contribution in [0, 0.1) is 18.2 Å². The van der Waals surface area contributed by atoms with Gasteiger partial charge in [-0.2, -0.15) is 0 Å². The lowest BCUT2D eigenvalue weighted by Crippen LogP contribution is -2.36. The van der Waals surface area contributed by atoms with E-state index in [0.29, 0.717) is 5.96 Å². The number of rotatable bonds is 2. The van der Waals surface area contributed by atoms with Gasteiger partial charge in [-0.05, 0) is 17.7 Å². The van der Waals surface area contributed by atoms with Crippen molar-refractivity contribution in [3.05, 3.63) is 35.6 Å². The molecule has 0 radical (unpaired) electrons. The van der Waals surface area contributed by atoms with Gasteiger partial charge in [0.25, 0.3) is 0 Å². The quantitative estimate of drug-likeness (QED) is 0.447. The molecule has 1 atom stereocenters. The van der Waals surface area contributed by atoms with Crippen molar-refractivity contribution < 1.29 is 4.39 Å². The molecule has 0 saturated carbocycles. The number of guanidine groups is 1. The van der Waals surface area contributed by atoms with E-state index < -0.39 is 0 Å². The van der Waals surface area contributed by atoms with Crippen molar-refractivity contribution in [1.82, 2.24) is 10.6 Å². The highest BCUT2D eigenvalue weighted by atomic mass is 19.1. The normalized spacial score (nSPS) is 12.8. The molecule has 4 heteroatoms. The van der Waals surface area contributed by atoms with Crippen molar-refractivity contribution in [3.63, 3.8) is 0 Å². The maximum Gasteiger partial charge on any atom is 0.191 e. The zero-order valence-electron chi connectivity index (χ0n) is 9.29. The van der Waals surface area contributed by atoms with Crippen molar-refractivity contribution in [2.24, 2.45) is 4.99 Å². The van der Waals surface area contributed by atoms with Crippen LogP contribution in [0.4, 0.5) is 4.39 Å². The largest absolute Gasteiger partial charge is 0.359 e. The molecule has 0 aromatic heterocycles. The summed E-state index contributed by atoms with van der Waals surface area (Å²) >= 11 is 0. The Hall–Kier alpha value is -2.02. The third kappa shape index (κ3) is 2.99. The van der Waals surface area contributed by atoms with E-state index in [9.17, 15) is 4.39 Å². The van der Waals surface area contributed by atoms with Crippen LogP contribution < -0.4 is 10.6 Å². The Kier molecular flexibility index (Phi) is 4.34. The summed E-state index contributed by atoms with van der Waals surface area (Å²) < 4.78 is 12.7. The van der Waals surface area contributed by atoms with Crippen LogP contribution in [0.2, 0.25) is 0 Å². The van der Waals surface area contributed by atoms with Crippen LogP contribution in [0.1, 0.15) is 11.6 Å². The summed E-state index contributed by atoms with van der Waals surface area (Å²) in [5, 5.41) is 5.89. The second-order valence-corrected chi connectivity index (χ2v) is 3.12. The van der Waals surface area contributed by atoms with Crippen LogP contribution in [0.3, 0.4) is 0 Å². The molecule has 0 aliphatic rings. The third-order valence-electron chi connectivity index (χ3n) is 2.11. The molecule has 0 aliphatic heterocycles. The van der Waals surface area contributed by atoms with Crippen molar-refractivity contribution in [3.8, 4) is 12.3 Å². The standard InChI is InChI=1S/C12H14FN3/c1-4-11(16-12(14-2)15-3)9-5-7-10(13)8-6-9/h1,5-8,11H,2-3H3,(H2,14,15,16). The fraction of sp³-hybridized carbons (Fsp3) is 0.250. The number of hydrogen-bond acceptors (Lipinski definition) is 1. The number of hydrogen-bond donors (Lipinski definition) is 2. The lowest BCUT2D eigenvalue weighted by molar-refractivity contribution is 0.626. The summed E-state index contributed by atoms with van der Waals surface area (Å²) in [5.41, 5.74) is 0.820. The highest BCUT2D eigenvalue weighted by Crippen LogP contribution is 2.12. The third-order valence-corrected chi connectivity index (χ3v) is 2.11. The topological polar surface area (TPSA) is 36.4 Å². The minimum absolute atomic E-state index is 0.280. The number of nitrogens with one attached hydrogen (secondary N) is 2. The van der Waals surface area contributed by atoms with E-state index >= 15 is 0 Å². The zero-order valence-corrected chi connectivity index (χ0v) is 9.29. The predicted octanol–water partition coefficient (Wildman–Crippen LogP) is 1.29. The molecule has 0 aliphatic carbocycles. The maximum absolute atomic E-state index is 12.7. The highest BCUT2D eigenvalue weighted by Gasteiger charge is 2.09. The van der Waals surface area contributed by atoms with Crippen molar-refractivity contribution in [2.45, 2.75) is 6.04 Å². The fourth-order valence-corrected chi connectivity index (χ4v) is 1.26. The molecule has 3 nitrogen and oxygen atoms in total. The summed E-state index contributed by atoms with van der Waals surface area (Å²) in [6.07, 6.45) is 5.41. The summed E-state index contributed by atoms with van der Waals surface area (Å²) in [7, 11) is 3.39. The highest BCUT2D eigenvalue weighted by molar-refractivity contribution is 5.80. The summed E-state index contributed by atoms with van der Waals surface area (Å²) in [4.78, 5) is 3.96. The van der Waals surface area contributed by atoms with E-state index in [-0.39, 0.29) is 11.9 Å². The number of benzene rings is 1. The van der Waals surface area contributed by atoms with Gasteiger partial charge in [-0.25, -0.2) is 4.39 Å². The minimum atomic E-state index is -0.327. The number of halogens is 1. The SMILES string of the molecule is C#CC(NC(=NC)NC)c1ccc(F)cc1. The van der Waals surface area contributed by atoms with E-state index in [4.69, 9.17) is 6.42 Å². The average molecular weight is 219 g/mol. The summed E-state index contributed by atoms with van der Waals surface area (Å²) in [5.74, 6) is 2.89. The maximum atomic E-state index is 12.7. The van der Waals surface area contributed by atoms with E-state index in [2.05, 4.69) is 21.5 Å². The lowest BCUT2D eigenvalue weighted by Gasteiger charge is -2.15. The molecule has 84 valence electrons. The predicted molar refractivity (Wildman–Crippen MR) is 63.5 cm³/mol. The van der Waals surface area contributed by atoms with Crippen molar-refractivity contribution in [2.75, 3.05) is 14.1 Å². The molecule has 1 aromatic carbocycles. The smallest absolute Gasteiger partial charge is 0.191 e. The van der Waals surface area contributed by atoms with Crippen LogP contribution >= 0.6 is 0 Å². The molecule has 16 heavy (non-hydrogen) atoms. The number of terminal acetylenes is 1. The Bertz CT molecular complexity index is 403. The molecule has 2 N–H and O–H groups in total. The van der Waals surface area contributed by atoms with Gasteiger partial charge in [-0.1, -0.05) is 18.1 Å². The first-order chi connectivity index (χ1) is 7.71. The van der Waals surface area contributed by atoms with Crippen LogP contribution in [0.15, 0.2) is 29.3 Å². The molecule has 0 bridgehead atoms. The molecule has 1 rings (SSSR count). The van der Waals surface area contributed by atoms with E-state index in [1.807, 2.05) is 0 Å². The molecular weight excluding hydrogens is 205 g/mol. The number of nitrogens with zero attached hydrogens (tertiary/aromatic N) is 1. The fourth-order valence-electron chi connectivity index (χ4n) is 1.26. The van der Waals surface area contributed by atoms with Gasteiger partial charge in [0.2, 0.25) is 0 Å². The average Bonchev–Trinajstić information content (AvgIpc) is 2.32. The Morgan fingerprint density at radius 3 is 2.50 bits per heavy atom. The van der Waals surface area contributed by atoms with Crippen LogP contribution in [0.5, 0.6) is 0 Å². The molecule has 1 aromatic rings. The van der Waals surface area contributed by atoms with E-state index in [0.717, 1.165) is 5.56 Å². The second kappa shape index (κ2) is 5.76. The molecule has 0 heterocycles. The van der Waals surface area contributed by atoms with Crippen molar-refractivity contribution in [1.29, 1.82) is 0 Å². The Balaban J connectivity index is 2.83. The van der Waals surface area contributed by atoms with Gasteiger partial charge in [0.15, 0.2) is 5.96 Å². The molecule has 0 saturated heterocycles. The van der Waals surface area contributed by atoms with Gasteiger partial charge in [0.1, 0.15) is 11.9 Å². The first kappa shape index (κ1) is 12.1. The first-order valence-electron chi connectivity index (χ1n) is 4.84. The number of aliphatic imine (C=N–C) groups is 1. The molecule has 0 spiro atoms. The molecule has 0 fully saturated rings. The van der Waals surface area contributed by atoms with E-state index in [1.165, 1.54) is 12.1 Å². The van der Waals surface area contributed by atoms with Crippen LogP contribution in [-0.2, 0) is 0 Å². The minimum Gasteiger partial charge on any atom is -0.359 e. The summed E-state index contributed by atoms with van der Waals surface area (Å²) in [6.45, 7) is 0. The first-order valence-corrected chi connectivity index (χ1v) is 4.84. The Labute approximate surface area is 94.8 Å². The molecular formula is C12H14FN3. The zero-order chi connectivity index (χ0) is 12.0. The second-order valence-electron chi connectivity index (χ2n) is 3.12. The van der Waals surface area contributed by atoms with Gasteiger partial charge in [0, 0.05) is 14.1 Å². The van der Waals surface area contributed by atoms with Gasteiger partial charge in [0.05, 0.1) is 0 Å². The van der Waals surface area contributed by atoms with Crippen LogP contribution in [0.25, 0.3) is 0 Å². The van der Waals surface area contributed by atoms with Crippen LogP contribution in [-0.4, -0.2) is 20.1 Å². The van der Waals surface area contributed by atoms with Gasteiger partial charge in [-0.3, -0.25) is 4.99 Å². The molecule has 0 amide bonds. The van der Waals surface area contributed by atoms with Gasteiger partial charge >= 0.3 is 0 Å². The lowest BCUT2D eigenvalue weighted by atomic mass is 10.1. The van der Waals surface area contributed by atoms with E-state index in [1.54, 1.807) is 26.2 Å². The summed E-state index contributed by atoms with van der Waals surface area (Å²) in [6, 6.07) is 5.73. The van der Waals surface area contributed by atoms with Gasteiger partial charge < -0.3 is 10.6 Å². The van der Waals surface area contributed by atoms with Gasteiger partial charge in [-0.15, -0.1) is 6.42 Å². The van der Waals surface area contributed by atoms with Crippen molar-refractivity contribution >= 4 is 5.96 Å².